The largest absolute Gasteiger partial charge is 0.481 e. The van der Waals surface area contributed by atoms with E-state index in [2.05, 4.69) is 4.74 Å². The minimum absolute atomic E-state index is 0.123. The number of hydrogen-bond acceptors (Lipinski definition) is 2. The van der Waals surface area contributed by atoms with Gasteiger partial charge in [0.15, 0.2) is 0 Å². The van der Waals surface area contributed by atoms with Gasteiger partial charge in [0.05, 0.1) is 5.92 Å². The predicted molar refractivity (Wildman–Crippen MR) is 56.2 cm³/mol. The zero-order chi connectivity index (χ0) is 12.4. The van der Waals surface area contributed by atoms with E-state index in [9.17, 15) is 13.6 Å². The Bertz CT molecular complexity index is 397. The van der Waals surface area contributed by atoms with Crippen LogP contribution < -0.4 is 4.74 Å². The Balaban J connectivity index is 1.93. The van der Waals surface area contributed by atoms with E-state index in [0.29, 0.717) is 12.8 Å². The Labute approximate surface area is 97.0 Å². The molecule has 1 aromatic rings. The van der Waals surface area contributed by atoms with Crippen molar-refractivity contribution in [2.75, 3.05) is 0 Å². The predicted octanol–water partition coefficient (Wildman–Crippen LogP) is 2.87. The Morgan fingerprint density at radius 2 is 1.88 bits per heavy atom. The van der Waals surface area contributed by atoms with E-state index in [-0.39, 0.29) is 17.6 Å². The lowest BCUT2D eigenvalue weighted by atomic mass is 9.71. The number of carboxylic acid groups (broad SMARTS) is 1. The molecule has 0 aliphatic heterocycles. The second kappa shape index (κ2) is 4.69. The standard InChI is InChI=1S/C12H12F2O3/c13-12(14)17-10-3-1-7(2-4-10)8-5-9(6-8)11(15)16/h1-4,8-9,12H,5-6H2,(H,15,16). The number of hydrogen-bond donors (Lipinski definition) is 1. The van der Waals surface area contributed by atoms with Crippen LogP contribution in [-0.4, -0.2) is 17.7 Å². The molecule has 1 saturated carbocycles. The number of alkyl halides is 2. The fraction of sp³-hybridized carbons (Fsp3) is 0.417. The molecule has 0 spiro atoms. The van der Waals surface area contributed by atoms with Crippen LogP contribution in [0, 0.1) is 5.92 Å². The van der Waals surface area contributed by atoms with Crippen molar-refractivity contribution in [3.8, 4) is 5.75 Å². The Hall–Kier alpha value is -1.65. The number of aliphatic carboxylic acids is 1. The minimum atomic E-state index is -2.82. The normalized spacial score (nSPS) is 23.2. The summed E-state index contributed by atoms with van der Waals surface area (Å²) in [7, 11) is 0. The average molecular weight is 242 g/mol. The molecule has 3 nitrogen and oxygen atoms in total. The number of benzene rings is 1. The van der Waals surface area contributed by atoms with Gasteiger partial charge in [-0.05, 0) is 36.5 Å². The molecule has 92 valence electrons. The van der Waals surface area contributed by atoms with Crippen LogP contribution >= 0.6 is 0 Å². The molecule has 1 N–H and O–H groups in total. The van der Waals surface area contributed by atoms with Gasteiger partial charge >= 0.3 is 12.6 Å². The molecule has 0 bridgehead atoms. The van der Waals surface area contributed by atoms with Gasteiger partial charge in [-0.2, -0.15) is 8.78 Å². The van der Waals surface area contributed by atoms with Gasteiger partial charge in [0.2, 0.25) is 0 Å². The molecular weight excluding hydrogens is 230 g/mol. The van der Waals surface area contributed by atoms with E-state index in [0.717, 1.165) is 5.56 Å². The fourth-order valence-corrected chi connectivity index (χ4v) is 2.01. The highest BCUT2D eigenvalue weighted by Gasteiger charge is 2.35. The van der Waals surface area contributed by atoms with E-state index in [1.165, 1.54) is 12.1 Å². The lowest BCUT2D eigenvalue weighted by Gasteiger charge is -2.32. The number of carbonyl (C=O) groups is 1. The number of ether oxygens (including phenoxy) is 1. The average Bonchev–Trinajstić information content (AvgIpc) is 2.16. The Morgan fingerprint density at radius 3 is 2.35 bits per heavy atom. The first-order chi connectivity index (χ1) is 8.06. The van der Waals surface area contributed by atoms with E-state index in [1.54, 1.807) is 12.1 Å². The van der Waals surface area contributed by atoms with Gasteiger partial charge in [0.1, 0.15) is 5.75 Å². The molecule has 17 heavy (non-hydrogen) atoms. The zero-order valence-corrected chi connectivity index (χ0v) is 8.98. The van der Waals surface area contributed by atoms with Crippen molar-refractivity contribution in [2.24, 2.45) is 5.92 Å². The summed E-state index contributed by atoms with van der Waals surface area (Å²) in [6.45, 7) is -2.82. The third kappa shape index (κ3) is 2.72. The van der Waals surface area contributed by atoms with Gasteiger partial charge in [0, 0.05) is 0 Å². The van der Waals surface area contributed by atoms with Crippen LogP contribution in [0.5, 0.6) is 5.75 Å². The second-order valence-electron chi connectivity index (χ2n) is 4.15. The quantitative estimate of drug-likeness (QED) is 0.883. The molecular formula is C12H12F2O3. The van der Waals surface area contributed by atoms with Crippen LogP contribution in [0.4, 0.5) is 8.78 Å². The van der Waals surface area contributed by atoms with Gasteiger partial charge in [-0.25, -0.2) is 0 Å². The summed E-state index contributed by atoms with van der Waals surface area (Å²) in [5.74, 6) is -0.689. The summed E-state index contributed by atoms with van der Waals surface area (Å²) >= 11 is 0. The van der Waals surface area contributed by atoms with Gasteiger partial charge in [-0.3, -0.25) is 4.79 Å². The number of rotatable bonds is 4. The van der Waals surface area contributed by atoms with Crippen molar-refractivity contribution in [3.63, 3.8) is 0 Å². The van der Waals surface area contributed by atoms with Gasteiger partial charge < -0.3 is 9.84 Å². The van der Waals surface area contributed by atoms with Crippen LogP contribution in [0.2, 0.25) is 0 Å². The molecule has 1 aliphatic rings. The first-order valence-corrected chi connectivity index (χ1v) is 5.34. The van der Waals surface area contributed by atoms with Crippen LogP contribution in [0.1, 0.15) is 24.3 Å². The summed E-state index contributed by atoms with van der Waals surface area (Å²) in [4.78, 5) is 10.6. The van der Waals surface area contributed by atoms with Crippen molar-refractivity contribution in [1.82, 2.24) is 0 Å². The Kier molecular flexibility index (Phi) is 3.26. The van der Waals surface area contributed by atoms with Crippen LogP contribution in [-0.2, 0) is 4.79 Å². The first-order valence-electron chi connectivity index (χ1n) is 5.34. The SMILES string of the molecule is O=C(O)C1CC(c2ccc(OC(F)F)cc2)C1. The maximum absolute atomic E-state index is 11.9. The molecule has 1 fully saturated rings. The monoisotopic (exact) mass is 242 g/mol. The van der Waals surface area contributed by atoms with Crippen LogP contribution in [0.15, 0.2) is 24.3 Å². The molecule has 2 rings (SSSR count). The van der Waals surface area contributed by atoms with Crippen molar-refractivity contribution in [1.29, 1.82) is 0 Å². The maximum atomic E-state index is 11.9. The summed E-state index contributed by atoms with van der Waals surface area (Å²) in [6, 6.07) is 6.38. The molecule has 0 heterocycles. The third-order valence-corrected chi connectivity index (χ3v) is 3.06. The topological polar surface area (TPSA) is 46.5 Å². The Morgan fingerprint density at radius 1 is 1.29 bits per heavy atom. The lowest BCUT2D eigenvalue weighted by molar-refractivity contribution is -0.145. The van der Waals surface area contributed by atoms with E-state index in [4.69, 9.17) is 5.11 Å². The van der Waals surface area contributed by atoms with Crippen molar-refractivity contribution in [3.05, 3.63) is 29.8 Å². The van der Waals surface area contributed by atoms with Crippen molar-refractivity contribution < 1.29 is 23.4 Å². The number of halogens is 2. The highest BCUT2D eigenvalue weighted by molar-refractivity contribution is 5.71. The van der Waals surface area contributed by atoms with Crippen molar-refractivity contribution >= 4 is 5.97 Å². The maximum Gasteiger partial charge on any atom is 0.387 e. The van der Waals surface area contributed by atoms with Crippen LogP contribution in [0.25, 0.3) is 0 Å². The lowest BCUT2D eigenvalue weighted by Crippen LogP contribution is -2.28. The zero-order valence-electron chi connectivity index (χ0n) is 8.98. The molecule has 0 aromatic heterocycles. The highest BCUT2D eigenvalue weighted by Crippen LogP contribution is 2.41. The highest BCUT2D eigenvalue weighted by atomic mass is 19.3. The van der Waals surface area contributed by atoms with Gasteiger partial charge in [-0.1, -0.05) is 12.1 Å². The second-order valence-corrected chi connectivity index (χ2v) is 4.15. The van der Waals surface area contributed by atoms with E-state index < -0.39 is 12.6 Å². The van der Waals surface area contributed by atoms with Gasteiger partial charge in [0.25, 0.3) is 0 Å². The summed E-state index contributed by atoms with van der Waals surface area (Å²) in [5.41, 5.74) is 0.976. The van der Waals surface area contributed by atoms with E-state index in [1.807, 2.05) is 0 Å². The van der Waals surface area contributed by atoms with E-state index >= 15 is 0 Å². The minimum Gasteiger partial charge on any atom is -0.481 e. The summed E-state index contributed by atoms with van der Waals surface area (Å²) in [6.07, 6.45) is 1.23. The molecule has 0 saturated heterocycles. The third-order valence-electron chi connectivity index (χ3n) is 3.06. The van der Waals surface area contributed by atoms with Gasteiger partial charge in [-0.15, -0.1) is 0 Å². The molecule has 5 heteroatoms. The first kappa shape index (κ1) is 11.8. The molecule has 1 aromatic carbocycles. The fourth-order valence-electron chi connectivity index (χ4n) is 2.01. The summed E-state index contributed by atoms with van der Waals surface area (Å²) < 4.78 is 28.1. The van der Waals surface area contributed by atoms with Crippen LogP contribution in [0.3, 0.4) is 0 Å². The molecule has 0 unspecified atom stereocenters. The molecule has 0 amide bonds. The molecule has 0 radical (unpaired) electrons. The number of carboxylic acids is 1. The molecule has 0 atom stereocenters. The smallest absolute Gasteiger partial charge is 0.387 e. The summed E-state index contributed by atoms with van der Waals surface area (Å²) in [5, 5.41) is 8.74. The molecule has 1 aliphatic carbocycles. The van der Waals surface area contributed by atoms with Crippen molar-refractivity contribution in [2.45, 2.75) is 25.4 Å².